The number of anilines is 3. The van der Waals surface area contributed by atoms with E-state index < -0.39 is 0 Å². The van der Waals surface area contributed by atoms with Crippen molar-refractivity contribution in [1.82, 2.24) is 4.98 Å². The number of benzene rings is 2. The highest BCUT2D eigenvalue weighted by molar-refractivity contribution is 8.01. The third-order valence-electron chi connectivity index (χ3n) is 3.80. The number of thiazole rings is 1. The molecule has 0 aliphatic heterocycles. The van der Waals surface area contributed by atoms with Gasteiger partial charge in [0.05, 0.1) is 17.9 Å². The molecule has 0 bridgehead atoms. The van der Waals surface area contributed by atoms with Crippen LogP contribution in [0.25, 0.3) is 0 Å². The first-order valence-corrected chi connectivity index (χ1v) is 11.4. The van der Waals surface area contributed by atoms with Crippen molar-refractivity contribution in [2.75, 3.05) is 21.7 Å². The first kappa shape index (κ1) is 22.8. The van der Waals surface area contributed by atoms with Gasteiger partial charge < -0.3 is 16.0 Å². The molecule has 1 aromatic heterocycles. The number of hydrogen-bond donors (Lipinski definition) is 3. The number of thioether (sulfide) groups is 1. The Kier molecular flexibility index (Phi) is 8.05. The zero-order valence-corrected chi connectivity index (χ0v) is 18.9. The van der Waals surface area contributed by atoms with Gasteiger partial charge in [-0.2, -0.15) is 0 Å². The van der Waals surface area contributed by atoms with E-state index in [2.05, 4.69) is 20.9 Å². The quantitative estimate of drug-likeness (QED) is 0.412. The molecule has 2 aromatic carbocycles. The molecule has 0 aliphatic carbocycles. The molecule has 0 aliphatic rings. The summed E-state index contributed by atoms with van der Waals surface area (Å²) in [5, 5.41) is 10.6. The van der Waals surface area contributed by atoms with Crippen LogP contribution in [0.3, 0.4) is 0 Å². The van der Waals surface area contributed by atoms with Crippen LogP contribution in [0.15, 0.2) is 58.3 Å². The second kappa shape index (κ2) is 10.9. The Morgan fingerprint density at radius 3 is 2.32 bits per heavy atom. The summed E-state index contributed by atoms with van der Waals surface area (Å²) in [6, 6.07) is 13.8. The number of halogens is 1. The van der Waals surface area contributed by atoms with Gasteiger partial charge in [-0.3, -0.25) is 14.4 Å². The van der Waals surface area contributed by atoms with E-state index in [9.17, 15) is 14.4 Å². The standard InChI is InChI=1S/C21H19ClN4O3S2/c1-13(27)23-15-5-7-16(8-6-15)24-20(29)12-31-21-26-18(11-30-21)10-19(28)25-17-4-2-3-14(22)9-17/h2-9,11H,10,12H2,1H3,(H,23,27)(H,24,29)(H,25,28). The van der Waals surface area contributed by atoms with Crippen molar-refractivity contribution in [2.45, 2.75) is 17.7 Å². The Morgan fingerprint density at radius 2 is 1.65 bits per heavy atom. The van der Waals surface area contributed by atoms with Crippen LogP contribution < -0.4 is 16.0 Å². The maximum absolute atomic E-state index is 12.2. The lowest BCUT2D eigenvalue weighted by Gasteiger charge is -2.06. The highest BCUT2D eigenvalue weighted by Gasteiger charge is 2.11. The summed E-state index contributed by atoms with van der Waals surface area (Å²) < 4.78 is 0.710. The SMILES string of the molecule is CC(=O)Nc1ccc(NC(=O)CSc2nc(CC(=O)Nc3cccc(Cl)c3)cs2)cc1. The zero-order valence-electron chi connectivity index (χ0n) is 16.5. The smallest absolute Gasteiger partial charge is 0.234 e. The minimum Gasteiger partial charge on any atom is -0.326 e. The number of amides is 3. The highest BCUT2D eigenvalue weighted by Crippen LogP contribution is 2.24. The average molecular weight is 475 g/mol. The lowest BCUT2D eigenvalue weighted by Crippen LogP contribution is -2.15. The monoisotopic (exact) mass is 474 g/mol. The van der Waals surface area contributed by atoms with Gasteiger partial charge in [0.1, 0.15) is 0 Å². The largest absolute Gasteiger partial charge is 0.326 e. The van der Waals surface area contributed by atoms with Crippen LogP contribution >= 0.6 is 34.7 Å². The molecule has 0 saturated heterocycles. The first-order chi connectivity index (χ1) is 14.9. The predicted octanol–water partition coefficient (Wildman–Crippen LogP) is 4.67. The van der Waals surface area contributed by atoms with Crippen molar-refractivity contribution >= 4 is 69.5 Å². The summed E-state index contributed by atoms with van der Waals surface area (Å²) in [6.45, 7) is 1.43. The van der Waals surface area contributed by atoms with Gasteiger partial charge in [-0.1, -0.05) is 29.4 Å². The van der Waals surface area contributed by atoms with E-state index >= 15 is 0 Å². The Morgan fingerprint density at radius 1 is 0.968 bits per heavy atom. The fraction of sp³-hybridized carbons (Fsp3) is 0.143. The summed E-state index contributed by atoms with van der Waals surface area (Å²) in [4.78, 5) is 39.8. The summed E-state index contributed by atoms with van der Waals surface area (Å²) in [5.74, 6) is -0.329. The molecule has 3 rings (SSSR count). The van der Waals surface area contributed by atoms with Gasteiger partial charge in [-0.25, -0.2) is 4.98 Å². The van der Waals surface area contributed by atoms with E-state index in [-0.39, 0.29) is 29.9 Å². The number of nitrogens with one attached hydrogen (secondary N) is 3. The van der Waals surface area contributed by atoms with Crippen LogP contribution in [0.4, 0.5) is 17.1 Å². The molecule has 160 valence electrons. The van der Waals surface area contributed by atoms with Crippen molar-refractivity contribution in [2.24, 2.45) is 0 Å². The Bertz CT molecular complexity index is 1090. The second-order valence-corrected chi connectivity index (χ2v) is 8.95. The average Bonchev–Trinajstić information content (AvgIpc) is 3.14. The van der Waals surface area contributed by atoms with Gasteiger partial charge in [0.25, 0.3) is 0 Å². The van der Waals surface area contributed by atoms with E-state index in [1.165, 1.54) is 30.0 Å². The van der Waals surface area contributed by atoms with E-state index in [0.717, 1.165) is 0 Å². The predicted molar refractivity (Wildman–Crippen MR) is 126 cm³/mol. The van der Waals surface area contributed by atoms with Gasteiger partial charge in [0.15, 0.2) is 4.34 Å². The topological polar surface area (TPSA) is 100 Å². The van der Waals surface area contributed by atoms with Gasteiger partial charge in [0.2, 0.25) is 17.7 Å². The van der Waals surface area contributed by atoms with Gasteiger partial charge in [0, 0.05) is 34.4 Å². The van der Waals surface area contributed by atoms with Crippen LogP contribution in [0, 0.1) is 0 Å². The molecule has 10 heteroatoms. The molecule has 0 radical (unpaired) electrons. The van der Waals surface area contributed by atoms with Crippen molar-refractivity contribution in [3.8, 4) is 0 Å². The normalized spacial score (nSPS) is 10.4. The molecule has 1 heterocycles. The number of carbonyl (C=O) groups is 3. The summed E-state index contributed by atoms with van der Waals surface area (Å²) in [7, 11) is 0. The molecular formula is C21H19ClN4O3S2. The molecule has 31 heavy (non-hydrogen) atoms. The molecule has 0 unspecified atom stereocenters. The molecule has 0 saturated carbocycles. The molecule has 3 N–H and O–H groups in total. The Balaban J connectivity index is 1.44. The molecule has 7 nitrogen and oxygen atoms in total. The molecule has 0 spiro atoms. The lowest BCUT2D eigenvalue weighted by atomic mass is 10.3. The third-order valence-corrected chi connectivity index (χ3v) is 6.10. The molecule has 0 atom stereocenters. The van der Waals surface area contributed by atoms with Crippen molar-refractivity contribution in [3.05, 3.63) is 64.6 Å². The fourth-order valence-electron chi connectivity index (χ4n) is 2.54. The third kappa shape index (κ3) is 7.71. The van der Waals surface area contributed by atoms with Crippen LogP contribution in [0.2, 0.25) is 5.02 Å². The summed E-state index contributed by atoms with van der Waals surface area (Å²) in [5.41, 5.74) is 2.57. The van der Waals surface area contributed by atoms with E-state index in [1.807, 2.05) is 0 Å². The van der Waals surface area contributed by atoms with Crippen LogP contribution in [-0.2, 0) is 20.8 Å². The van der Waals surface area contributed by atoms with Crippen LogP contribution in [-0.4, -0.2) is 28.5 Å². The minimum atomic E-state index is -0.190. The summed E-state index contributed by atoms with van der Waals surface area (Å²) >= 11 is 8.60. The zero-order chi connectivity index (χ0) is 22.2. The van der Waals surface area contributed by atoms with E-state index in [4.69, 9.17) is 11.6 Å². The first-order valence-electron chi connectivity index (χ1n) is 9.17. The van der Waals surface area contributed by atoms with Crippen molar-refractivity contribution in [1.29, 1.82) is 0 Å². The number of rotatable bonds is 8. The van der Waals surface area contributed by atoms with Gasteiger partial charge >= 0.3 is 0 Å². The minimum absolute atomic E-state index is 0.135. The number of aromatic nitrogens is 1. The maximum Gasteiger partial charge on any atom is 0.234 e. The number of carbonyl (C=O) groups excluding carboxylic acids is 3. The van der Waals surface area contributed by atoms with E-state index in [0.29, 0.717) is 32.1 Å². The van der Waals surface area contributed by atoms with E-state index in [1.54, 1.807) is 53.9 Å². The molecule has 0 fully saturated rings. The maximum atomic E-state index is 12.2. The second-order valence-electron chi connectivity index (χ2n) is 6.44. The lowest BCUT2D eigenvalue weighted by molar-refractivity contribution is -0.116. The molecule has 3 amide bonds. The molecular weight excluding hydrogens is 456 g/mol. The summed E-state index contributed by atoms with van der Waals surface area (Å²) in [6.07, 6.45) is 0.135. The molecule has 3 aromatic rings. The van der Waals surface area contributed by atoms with Gasteiger partial charge in [-0.05, 0) is 42.5 Å². The van der Waals surface area contributed by atoms with Crippen molar-refractivity contribution in [3.63, 3.8) is 0 Å². The van der Waals surface area contributed by atoms with Crippen molar-refractivity contribution < 1.29 is 14.4 Å². The Hall–Kier alpha value is -2.88. The fourth-order valence-corrected chi connectivity index (χ4v) is 4.37. The highest BCUT2D eigenvalue weighted by atomic mass is 35.5. The van der Waals surface area contributed by atoms with Gasteiger partial charge in [-0.15, -0.1) is 11.3 Å². The number of hydrogen-bond acceptors (Lipinski definition) is 6. The van der Waals surface area contributed by atoms with Crippen LogP contribution in [0.1, 0.15) is 12.6 Å². The van der Waals surface area contributed by atoms with Crippen LogP contribution in [0.5, 0.6) is 0 Å². The number of nitrogens with zero attached hydrogens (tertiary/aromatic N) is 1. The Labute approximate surface area is 192 Å².